The molecule has 0 saturated carbocycles. The molecular formula is C17H33NO7Si2. The van der Waals surface area contributed by atoms with Crippen molar-refractivity contribution in [2.75, 3.05) is 14.2 Å². The van der Waals surface area contributed by atoms with Crippen LogP contribution in [0.4, 0.5) is 4.79 Å². The van der Waals surface area contributed by atoms with Crippen molar-refractivity contribution >= 4 is 34.7 Å². The van der Waals surface area contributed by atoms with Crippen LogP contribution in [0.3, 0.4) is 0 Å². The van der Waals surface area contributed by atoms with Crippen molar-refractivity contribution in [3.63, 3.8) is 0 Å². The van der Waals surface area contributed by atoms with E-state index in [9.17, 15) is 14.4 Å². The molecule has 1 amide bonds. The Kier molecular flexibility index (Phi) is 7.28. The van der Waals surface area contributed by atoms with Crippen LogP contribution in [0.5, 0.6) is 0 Å². The van der Waals surface area contributed by atoms with Gasteiger partial charge in [0.25, 0.3) is 0 Å². The van der Waals surface area contributed by atoms with E-state index in [4.69, 9.17) is 18.3 Å². The van der Waals surface area contributed by atoms with Gasteiger partial charge in [-0.2, -0.15) is 0 Å². The smallest absolute Gasteiger partial charge is 0.408 e. The maximum atomic E-state index is 12.6. The summed E-state index contributed by atoms with van der Waals surface area (Å²) < 4.78 is 21.6. The minimum absolute atomic E-state index is 0.139. The molecule has 8 nitrogen and oxygen atoms in total. The Balaban J connectivity index is 3.27. The summed E-state index contributed by atoms with van der Waals surface area (Å²) in [6.45, 7) is 13.3. The minimum atomic E-state index is -2.43. The van der Waals surface area contributed by atoms with Crippen molar-refractivity contribution in [1.82, 2.24) is 5.32 Å². The van der Waals surface area contributed by atoms with Crippen molar-refractivity contribution in [2.45, 2.75) is 76.1 Å². The molecule has 0 aromatic heterocycles. The third-order valence-electron chi connectivity index (χ3n) is 4.76. The van der Waals surface area contributed by atoms with Crippen molar-refractivity contribution in [2.24, 2.45) is 0 Å². The molecule has 0 aromatic carbocycles. The zero-order valence-electron chi connectivity index (χ0n) is 17.8. The van der Waals surface area contributed by atoms with Crippen LogP contribution in [0.25, 0.3) is 0 Å². The lowest BCUT2D eigenvalue weighted by atomic mass is 10.1. The van der Waals surface area contributed by atoms with Crippen molar-refractivity contribution in [3.05, 3.63) is 0 Å². The first-order valence-electron chi connectivity index (χ1n) is 8.99. The molecule has 10 heteroatoms. The van der Waals surface area contributed by atoms with E-state index >= 15 is 0 Å². The molecular weight excluding hydrogens is 386 g/mol. The van der Waals surface area contributed by atoms with Crippen molar-refractivity contribution in [3.8, 4) is 0 Å². The molecule has 1 saturated heterocycles. The average molecular weight is 420 g/mol. The summed E-state index contributed by atoms with van der Waals surface area (Å²) in [4.78, 5) is 36.9. The summed E-state index contributed by atoms with van der Waals surface area (Å²) in [6.07, 6.45) is -0.564. The number of hydrogen-bond acceptors (Lipinski definition) is 7. The molecule has 0 bridgehead atoms. The number of amides is 1. The molecule has 3 atom stereocenters. The second-order valence-corrected chi connectivity index (χ2v) is 17.5. The zero-order valence-corrected chi connectivity index (χ0v) is 19.8. The SMILES string of the molecule is COC(=O)C[C@H]1[C@H]([C@H](NC(=O)OC(C)(C)C)C(=O)OC)[Si](C)(C)O[Si]1(C)C. The molecule has 1 aliphatic heterocycles. The van der Waals surface area contributed by atoms with Crippen molar-refractivity contribution in [1.29, 1.82) is 0 Å². The van der Waals surface area contributed by atoms with Gasteiger partial charge in [0.05, 0.1) is 14.2 Å². The second kappa shape index (κ2) is 8.31. The van der Waals surface area contributed by atoms with Crippen LogP contribution < -0.4 is 5.32 Å². The highest BCUT2D eigenvalue weighted by Crippen LogP contribution is 2.54. The van der Waals surface area contributed by atoms with Gasteiger partial charge in [-0.15, -0.1) is 0 Å². The first-order valence-corrected chi connectivity index (χ1v) is 15.0. The molecule has 1 heterocycles. The van der Waals surface area contributed by atoms with Gasteiger partial charge in [-0.1, -0.05) is 0 Å². The summed E-state index contributed by atoms with van der Waals surface area (Å²) in [6, 6.07) is -0.949. The Morgan fingerprint density at radius 2 is 1.59 bits per heavy atom. The molecule has 0 radical (unpaired) electrons. The topological polar surface area (TPSA) is 100 Å². The number of hydrogen-bond donors (Lipinski definition) is 1. The summed E-state index contributed by atoms with van der Waals surface area (Å²) in [7, 11) is -2.13. The van der Waals surface area contributed by atoms with E-state index in [1.807, 2.05) is 26.2 Å². The monoisotopic (exact) mass is 419 g/mol. The number of alkyl carbamates (subject to hydrolysis) is 1. The largest absolute Gasteiger partial charge is 0.469 e. The van der Waals surface area contributed by atoms with E-state index < -0.39 is 40.3 Å². The lowest BCUT2D eigenvalue weighted by Crippen LogP contribution is -2.52. The maximum absolute atomic E-state index is 12.6. The van der Waals surface area contributed by atoms with Gasteiger partial charge in [-0.05, 0) is 52.5 Å². The highest BCUT2D eigenvalue weighted by atomic mass is 28.4. The molecule has 0 unspecified atom stereocenters. The predicted molar refractivity (Wildman–Crippen MR) is 105 cm³/mol. The Morgan fingerprint density at radius 3 is 2.04 bits per heavy atom. The highest BCUT2D eigenvalue weighted by molar-refractivity contribution is 6.92. The summed E-state index contributed by atoms with van der Waals surface area (Å²) in [5.74, 6) is -0.932. The van der Waals surface area contributed by atoms with Gasteiger partial charge in [-0.3, -0.25) is 4.79 Å². The normalized spacial score (nSPS) is 24.6. The average Bonchev–Trinajstić information content (AvgIpc) is 2.66. The van der Waals surface area contributed by atoms with Crippen molar-refractivity contribution < 1.29 is 32.7 Å². The Labute approximate surface area is 163 Å². The quantitative estimate of drug-likeness (QED) is 0.415. The Morgan fingerprint density at radius 1 is 1.04 bits per heavy atom. The van der Waals surface area contributed by atoms with Crippen LogP contribution in [0.2, 0.25) is 37.3 Å². The maximum Gasteiger partial charge on any atom is 0.408 e. The van der Waals surface area contributed by atoms with E-state index in [1.54, 1.807) is 20.8 Å². The standard InChI is InChI=1S/C17H33NO7Si2/c1-17(2,3)24-16(21)18-13(15(20)23-5)14-11(10-12(19)22-4)26(6,7)25-27(14,8)9/h11,13-14H,10H2,1-9H3,(H,18,21)/t11-,13-,14+/m0/s1. The van der Waals surface area contributed by atoms with Gasteiger partial charge < -0.3 is 23.6 Å². The Hall–Kier alpha value is -1.40. The molecule has 156 valence electrons. The van der Waals surface area contributed by atoms with E-state index in [0.717, 1.165) is 0 Å². The van der Waals surface area contributed by atoms with E-state index in [2.05, 4.69) is 5.32 Å². The number of ether oxygens (including phenoxy) is 3. The molecule has 1 aliphatic rings. The zero-order chi connectivity index (χ0) is 21.2. The lowest BCUT2D eigenvalue weighted by molar-refractivity contribution is -0.144. The molecule has 1 N–H and O–H groups in total. The van der Waals surface area contributed by atoms with Crippen LogP contribution in [-0.2, 0) is 27.9 Å². The molecule has 1 fully saturated rings. The molecule has 0 spiro atoms. The first-order chi connectivity index (χ1) is 12.1. The number of methoxy groups -OCH3 is 2. The molecule has 0 aliphatic carbocycles. The summed E-state index contributed by atoms with van der Waals surface area (Å²) in [5.41, 5.74) is -1.23. The van der Waals surface area contributed by atoms with Gasteiger partial charge in [0.1, 0.15) is 11.6 Å². The third kappa shape index (κ3) is 6.04. The molecule has 27 heavy (non-hydrogen) atoms. The van der Waals surface area contributed by atoms with Gasteiger partial charge >= 0.3 is 18.0 Å². The van der Waals surface area contributed by atoms with Crippen LogP contribution >= 0.6 is 0 Å². The fourth-order valence-corrected chi connectivity index (χ4v) is 16.7. The minimum Gasteiger partial charge on any atom is -0.469 e. The fraction of sp³-hybridized carbons (Fsp3) is 0.824. The lowest BCUT2D eigenvalue weighted by Gasteiger charge is -2.33. The second-order valence-electron chi connectivity index (χ2n) is 8.87. The number of carbonyl (C=O) groups is 3. The fourth-order valence-electron chi connectivity index (χ4n) is 3.86. The van der Waals surface area contributed by atoms with E-state index in [-0.39, 0.29) is 23.5 Å². The highest BCUT2D eigenvalue weighted by Gasteiger charge is 2.61. The van der Waals surface area contributed by atoms with Crippen LogP contribution in [-0.4, -0.2) is 60.5 Å². The number of nitrogens with one attached hydrogen (secondary N) is 1. The molecule has 1 rings (SSSR count). The van der Waals surface area contributed by atoms with E-state index in [0.29, 0.717) is 0 Å². The summed E-state index contributed by atoms with van der Waals surface area (Å²) in [5, 5.41) is 2.67. The number of esters is 2. The van der Waals surface area contributed by atoms with Crippen LogP contribution in [0.15, 0.2) is 0 Å². The van der Waals surface area contributed by atoms with Gasteiger partial charge in [0.15, 0.2) is 16.6 Å². The first kappa shape index (κ1) is 23.6. The number of carbonyl (C=O) groups excluding carboxylic acids is 3. The van der Waals surface area contributed by atoms with Gasteiger partial charge in [0.2, 0.25) is 0 Å². The van der Waals surface area contributed by atoms with Gasteiger partial charge in [-0.25, -0.2) is 9.59 Å². The van der Waals surface area contributed by atoms with Crippen LogP contribution in [0, 0.1) is 0 Å². The Bertz CT molecular complexity index is 586. The van der Waals surface area contributed by atoms with Crippen LogP contribution in [0.1, 0.15) is 27.2 Å². The summed E-state index contributed by atoms with van der Waals surface area (Å²) >= 11 is 0. The third-order valence-corrected chi connectivity index (χ3v) is 14.0. The van der Waals surface area contributed by atoms with E-state index in [1.165, 1.54) is 14.2 Å². The number of rotatable bonds is 5. The predicted octanol–water partition coefficient (Wildman–Crippen LogP) is 2.80. The van der Waals surface area contributed by atoms with Gasteiger partial charge in [0, 0.05) is 12.0 Å². The molecule has 0 aromatic rings.